The zero-order valence-corrected chi connectivity index (χ0v) is 16.3. The summed E-state index contributed by atoms with van der Waals surface area (Å²) in [5.41, 5.74) is 3.27. The Balaban J connectivity index is 1.75. The molecule has 7 nitrogen and oxygen atoms in total. The summed E-state index contributed by atoms with van der Waals surface area (Å²) in [6.45, 7) is 8.48. The molecule has 2 heterocycles. The Morgan fingerprint density at radius 2 is 2.15 bits per heavy atom. The van der Waals surface area contributed by atoms with E-state index in [0.717, 1.165) is 30.6 Å². The number of esters is 1. The van der Waals surface area contributed by atoms with Crippen molar-refractivity contribution in [2.75, 3.05) is 19.7 Å². The maximum absolute atomic E-state index is 12.0. The molecule has 0 N–H and O–H groups in total. The molecule has 0 aliphatic carbocycles. The van der Waals surface area contributed by atoms with Gasteiger partial charge < -0.3 is 4.74 Å². The lowest BCUT2D eigenvalue weighted by Gasteiger charge is -2.30. The smallest absolute Gasteiger partial charge is 0.310 e. The molecule has 1 aromatic carbocycles. The van der Waals surface area contributed by atoms with Gasteiger partial charge in [-0.1, -0.05) is 12.1 Å². The molecule has 1 atom stereocenters. The zero-order valence-electron chi connectivity index (χ0n) is 15.5. The number of ether oxygens (including phenoxy) is 1. The number of benzene rings is 1. The van der Waals surface area contributed by atoms with Crippen molar-refractivity contribution in [2.24, 2.45) is 5.92 Å². The number of rotatable bonds is 5. The van der Waals surface area contributed by atoms with Crippen molar-refractivity contribution < 1.29 is 9.53 Å². The minimum Gasteiger partial charge on any atom is -0.466 e. The summed E-state index contributed by atoms with van der Waals surface area (Å²) in [7, 11) is 0. The lowest BCUT2D eigenvalue weighted by atomic mass is 9.99. The minimum atomic E-state index is -0.111. The highest BCUT2D eigenvalue weighted by Crippen LogP contribution is 2.19. The largest absolute Gasteiger partial charge is 0.466 e. The van der Waals surface area contributed by atoms with Crippen LogP contribution < -0.4 is 0 Å². The Labute approximate surface area is 158 Å². The Kier molecular flexibility index (Phi) is 5.83. The van der Waals surface area contributed by atoms with Gasteiger partial charge in [-0.2, -0.15) is 4.68 Å². The second-order valence-corrected chi connectivity index (χ2v) is 7.07. The molecule has 0 unspecified atom stereocenters. The monoisotopic (exact) mass is 375 g/mol. The second kappa shape index (κ2) is 8.09. The molecule has 2 aromatic rings. The number of tetrazole rings is 1. The maximum atomic E-state index is 12.0. The first kappa shape index (κ1) is 18.7. The van der Waals surface area contributed by atoms with E-state index in [9.17, 15) is 4.79 Å². The molecule has 3 rings (SSSR count). The van der Waals surface area contributed by atoms with Gasteiger partial charge in [-0.3, -0.25) is 9.69 Å². The average molecular weight is 375 g/mol. The summed E-state index contributed by atoms with van der Waals surface area (Å²) in [5.74, 6) is -0.188. The number of likely N-dealkylation sites (tertiary alicyclic amines) is 1. The third-order valence-electron chi connectivity index (χ3n) is 4.90. The molecule has 0 radical (unpaired) electrons. The molecule has 0 bridgehead atoms. The molecule has 140 valence electrons. The van der Waals surface area contributed by atoms with E-state index in [1.165, 1.54) is 5.56 Å². The van der Waals surface area contributed by atoms with E-state index in [2.05, 4.69) is 35.2 Å². The number of aromatic nitrogens is 4. The van der Waals surface area contributed by atoms with Crippen LogP contribution in [0.1, 0.15) is 30.9 Å². The molecule has 8 heteroatoms. The fourth-order valence-corrected chi connectivity index (χ4v) is 3.53. The van der Waals surface area contributed by atoms with Gasteiger partial charge in [0, 0.05) is 6.54 Å². The first-order chi connectivity index (χ1) is 12.5. The van der Waals surface area contributed by atoms with Crippen molar-refractivity contribution in [2.45, 2.75) is 40.3 Å². The zero-order chi connectivity index (χ0) is 18.7. The lowest BCUT2D eigenvalue weighted by Crippen LogP contribution is -2.40. The van der Waals surface area contributed by atoms with Crippen LogP contribution in [-0.2, 0) is 16.2 Å². The number of hydrogen-bond donors (Lipinski definition) is 0. The Bertz CT molecular complexity index is 844. The van der Waals surface area contributed by atoms with E-state index >= 15 is 0 Å². The number of piperidine rings is 1. The van der Waals surface area contributed by atoms with Crippen LogP contribution in [0.4, 0.5) is 0 Å². The van der Waals surface area contributed by atoms with E-state index in [4.69, 9.17) is 17.0 Å². The Morgan fingerprint density at radius 3 is 2.92 bits per heavy atom. The highest BCUT2D eigenvalue weighted by molar-refractivity contribution is 7.71. The molecule has 1 aliphatic rings. The van der Waals surface area contributed by atoms with E-state index in [1.807, 2.05) is 19.1 Å². The van der Waals surface area contributed by atoms with Gasteiger partial charge >= 0.3 is 5.97 Å². The fraction of sp³-hybridized carbons (Fsp3) is 0.556. The Morgan fingerprint density at radius 1 is 1.35 bits per heavy atom. The molecule has 1 fully saturated rings. The van der Waals surface area contributed by atoms with Crippen LogP contribution in [0.25, 0.3) is 5.69 Å². The summed E-state index contributed by atoms with van der Waals surface area (Å²) in [6, 6.07) is 6.05. The van der Waals surface area contributed by atoms with Gasteiger partial charge in [-0.15, -0.1) is 0 Å². The predicted octanol–water partition coefficient (Wildman–Crippen LogP) is 2.65. The molecular formula is C18H25N5O2S. The first-order valence-electron chi connectivity index (χ1n) is 8.99. The highest BCUT2D eigenvalue weighted by Gasteiger charge is 2.27. The van der Waals surface area contributed by atoms with Gasteiger partial charge in [0.1, 0.15) is 0 Å². The molecule has 0 saturated carbocycles. The van der Waals surface area contributed by atoms with Crippen LogP contribution in [0.2, 0.25) is 0 Å². The summed E-state index contributed by atoms with van der Waals surface area (Å²) in [5, 5.41) is 8.47. The van der Waals surface area contributed by atoms with E-state index < -0.39 is 0 Å². The predicted molar refractivity (Wildman–Crippen MR) is 101 cm³/mol. The second-order valence-electron chi connectivity index (χ2n) is 6.70. The quantitative estimate of drug-likeness (QED) is 0.591. The van der Waals surface area contributed by atoms with Gasteiger partial charge in [-0.05, 0) is 80.0 Å². The molecule has 1 aliphatic heterocycles. The number of aryl methyl sites for hydroxylation is 1. The SMILES string of the molecule is CCOC(=O)[C@@H]1CCCN(Cn2nnn(-c3cccc(C)c3C)c2=S)C1. The van der Waals surface area contributed by atoms with Crippen LogP contribution in [-0.4, -0.2) is 50.4 Å². The lowest BCUT2D eigenvalue weighted by molar-refractivity contribution is -0.150. The number of nitrogens with zero attached hydrogens (tertiary/aromatic N) is 5. The van der Waals surface area contributed by atoms with Crippen molar-refractivity contribution in [3.8, 4) is 5.69 Å². The maximum Gasteiger partial charge on any atom is 0.310 e. The fourth-order valence-electron chi connectivity index (χ4n) is 3.31. The molecule has 1 aromatic heterocycles. The standard InChI is InChI=1S/C18H25N5O2S/c1-4-25-17(24)15-8-6-10-21(11-15)12-22-18(26)23(20-19-22)16-9-5-7-13(2)14(16)3/h5,7,9,15H,4,6,8,10-12H2,1-3H3/t15-/m1/s1. The molecule has 1 saturated heterocycles. The average Bonchev–Trinajstić information content (AvgIpc) is 2.98. The first-order valence-corrected chi connectivity index (χ1v) is 9.40. The number of carbonyl (C=O) groups is 1. The van der Waals surface area contributed by atoms with Crippen LogP contribution in [0.15, 0.2) is 18.2 Å². The summed E-state index contributed by atoms with van der Waals surface area (Å²) < 4.78 is 9.13. The summed E-state index contributed by atoms with van der Waals surface area (Å²) in [4.78, 5) is 14.2. The van der Waals surface area contributed by atoms with Gasteiger partial charge in [0.05, 0.1) is 24.9 Å². The number of carbonyl (C=O) groups excluding carboxylic acids is 1. The van der Waals surface area contributed by atoms with Crippen molar-refractivity contribution in [1.82, 2.24) is 24.7 Å². The van der Waals surface area contributed by atoms with Gasteiger partial charge in [-0.25, -0.2) is 4.68 Å². The van der Waals surface area contributed by atoms with Crippen molar-refractivity contribution in [3.05, 3.63) is 34.1 Å². The van der Waals surface area contributed by atoms with E-state index in [0.29, 0.717) is 24.6 Å². The van der Waals surface area contributed by atoms with Crippen molar-refractivity contribution in [1.29, 1.82) is 0 Å². The minimum absolute atomic E-state index is 0.0769. The van der Waals surface area contributed by atoms with Crippen molar-refractivity contribution in [3.63, 3.8) is 0 Å². The van der Waals surface area contributed by atoms with E-state index in [1.54, 1.807) is 9.36 Å². The van der Waals surface area contributed by atoms with Gasteiger partial charge in [0.2, 0.25) is 4.77 Å². The van der Waals surface area contributed by atoms with Crippen LogP contribution in [0, 0.1) is 24.5 Å². The summed E-state index contributed by atoms with van der Waals surface area (Å²) >= 11 is 5.58. The van der Waals surface area contributed by atoms with Crippen LogP contribution in [0.5, 0.6) is 0 Å². The van der Waals surface area contributed by atoms with Crippen molar-refractivity contribution >= 4 is 18.2 Å². The summed E-state index contributed by atoms with van der Waals surface area (Å²) in [6.07, 6.45) is 1.83. The molecular weight excluding hydrogens is 350 g/mol. The molecule has 26 heavy (non-hydrogen) atoms. The number of hydrogen-bond acceptors (Lipinski definition) is 6. The molecule has 0 amide bonds. The Hall–Kier alpha value is -2.06. The topological polar surface area (TPSA) is 65.2 Å². The van der Waals surface area contributed by atoms with E-state index in [-0.39, 0.29) is 11.9 Å². The van der Waals surface area contributed by atoms with Crippen LogP contribution in [0.3, 0.4) is 0 Å². The third-order valence-corrected chi connectivity index (χ3v) is 5.29. The molecule has 0 spiro atoms. The normalized spacial score (nSPS) is 18.0. The third kappa shape index (κ3) is 3.86. The highest BCUT2D eigenvalue weighted by atomic mass is 32.1. The van der Waals surface area contributed by atoms with Crippen LogP contribution >= 0.6 is 12.2 Å². The van der Waals surface area contributed by atoms with Gasteiger partial charge in [0.25, 0.3) is 0 Å². The van der Waals surface area contributed by atoms with Gasteiger partial charge in [0.15, 0.2) is 0 Å².